The molecule has 6 nitrogen and oxygen atoms in total. The summed E-state index contributed by atoms with van der Waals surface area (Å²) in [6.07, 6.45) is 7.17. The Balaban J connectivity index is 1.50. The van der Waals surface area contributed by atoms with Crippen LogP contribution in [0.25, 0.3) is 0 Å². The summed E-state index contributed by atoms with van der Waals surface area (Å²) in [6, 6.07) is 5.67. The van der Waals surface area contributed by atoms with Crippen molar-refractivity contribution in [2.75, 3.05) is 13.1 Å². The van der Waals surface area contributed by atoms with E-state index in [0.29, 0.717) is 24.9 Å². The van der Waals surface area contributed by atoms with Gasteiger partial charge in [-0.1, -0.05) is 12.8 Å². The Labute approximate surface area is 156 Å². The van der Waals surface area contributed by atoms with Gasteiger partial charge in [-0.15, -0.1) is 0 Å². The van der Waals surface area contributed by atoms with Crippen molar-refractivity contribution in [3.05, 3.63) is 24.3 Å². The van der Waals surface area contributed by atoms with Crippen LogP contribution in [0.15, 0.2) is 34.1 Å². The Morgan fingerprint density at radius 3 is 2.08 bits per heavy atom. The topological polar surface area (TPSA) is 83.5 Å². The van der Waals surface area contributed by atoms with Gasteiger partial charge in [0.05, 0.1) is 9.79 Å². The highest BCUT2D eigenvalue weighted by atomic mass is 32.2. The minimum atomic E-state index is -3.61. The third-order valence-corrected chi connectivity index (χ3v) is 9.55. The average molecular weight is 399 g/mol. The number of benzene rings is 1. The Morgan fingerprint density at radius 2 is 1.50 bits per heavy atom. The van der Waals surface area contributed by atoms with Gasteiger partial charge >= 0.3 is 0 Å². The number of nitrogens with one attached hydrogen (secondary N) is 1. The van der Waals surface area contributed by atoms with Crippen LogP contribution in [0, 0.1) is 11.8 Å². The highest BCUT2D eigenvalue weighted by molar-refractivity contribution is 7.89. The van der Waals surface area contributed by atoms with Gasteiger partial charge in [0.1, 0.15) is 0 Å². The standard InChI is InChI=1S/C18H26N2O4S2/c21-25(22,19-18-13-14-4-5-15(18)12-14)16-6-8-17(9-7-16)26(23,24)20-10-2-1-3-11-20/h6-9,14-15,18-19H,1-5,10-13H2/t14-,15+,18-/m0/s1. The maximum atomic E-state index is 12.7. The number of piperidine rings is 1. The molecule has 1 aromatic rings. The lowest BCUT2D eigenvalue weighted by Crippen LogP contribution is -2.38. The van der Waals surface area contributed by atoms with Crippen LogP contribution in [0.4, 0.5) is 0 Å². The second-order valence-corrected chi connectivity index (χ2v) is 11.5. The van der Waals surface area contributed by atoms with E-state index in [9.17, 15) is 16.8 Å². The summed E-state index contributed by atoms with van der Waals surface area (Å²) >= 11 is 0. The first kappa shape index (κ1) is 18.4. The fourth-order valence-electron chi connectivity index (χ4n) is 4.70. The zero-order chi connectivity index (χ0) is 18.4. The third-order valence-electron chi connectivity index (χ3n) is 6.13. The van der Waals surface area contributed by atoms with Crippen LogP contribution in [0.3, 0.4) is 0 Å². The molecule has 0 unspecified atom stereocenters. The van der Waals surface area contributed by atoms with Gasteiger partial charge in [0.25, 0.3) is 0 Å². The first-order chi connectivity index (χ1) is 12.4. The Hall–Kier alpha value is -0.960. The molecular formula is C18H26N2O4S2. The molecule has 1 saturated heterocycles. The van der Waals surface area contributed by atoms with E-state index in [1.54, 1.807) is 0 Å². The molecule has 0 amide bonds. The van der Waals surface area contributed by atoms with E-state index in [1.165, 1.54) is 35.0 Å². The average Bonchev–Trinajstić information content (AvgIpc) is 3.25. The summed E-state index contributed by atoms with van der Waals surface area (Å²) in [5, 5.41) is 0. The van der Waals surface area contributed by atoms with Crippen molar-refractivity contribution in [3.8, 4) is 0 Å². The van der Waals surface area contributed by atoms with Crippen LogP contribution >= 0.6 is 0 Å². The molecule has 0 aromatic heterocycles. The number of sulfonamides is 2. The van der Waals surface area contributed by atoms with Gasteiger partial charge in [-0.2, -0.15) is 4.31 Å². The molecule has 2 bridgehead atoms. The summed E-state index contributed by atoms with van der Waals surface area (Å²) in [7, 11) is -7.15. The summed E-state index contributed by atoms with van der Waals surface area (Å²) in [5.41, 5.74) is 0. The van der Waals surface area contributed by atoms with E-state index in [1.807, 2.05) is 0 Å². The lowest BCUT2D eigenvalue weighted by molar-refractivity contribution is 0.346. The first-order valence-electron chi connectivity index (χ1n) is 9.49. The van der Waals surface area contributed by atoms with Crippen molar-refractivity contribution < 1.29 is 16.8 Å². The summed E-state index contributed by atoms with van der Waals surface area (Å²) in [5.74, 6) is 1.11. The molecule has 4 rings (SSSR count). The van der Waals surface area contributed by atoms with E-state index in [-0.39, 0.29) is 15.8 Å². The number of fused-ring (bicyclic) bond motifs is 2. The van der Waals surface area contributed by atoms with Gasteiger partial charge < -0.3 is 0 Å². The molecule has 3 fully saturated rings. The van der Waals surface area contributed by atoms with Gasteiger partial charge in [-0.25, -0.2) is 21.6 Å². The first-order valence-corrected chi connectivity index (χ1v) is 12.4. The van der Waals surface area contributed by atoms with Gasteiger partial charge in [-0.3, -0.25) is 0 Å². The zero-order valence-electron chi connectivity index (χ0n) is 14.8. The molecule has 1 aliphatic heterocycles. The van der Waals surface area contributed by atoms with E-state index >= 15 is 0 Å². The summed E-state index contributed by atoms with van der Waals surface area (Å²) in [4.78, 5) is 0.302. The number of hydrogen-bond acceptors (Lipinski definition) is 4. The Bertz CT molecular complexity index is 859. The molecule has 8 heteroatoms. The number of hydrogen-bond donors (Lipinski definition) is 1. The molecule has 2 aliphatic carbocycles. The van der Waals surface area contributed by atoms with E-state index in [0.717, 1.165) is 38.5 Å². The van der Waals surface area contributed by atoms with Crippen LogP contribution in [0.1, 0.15) is 44.9 Å². The summed E-state index contributed by atoms with van der Waals surface area (Å²) < 4.78 is 55.0. The Morgan fingerprint density at radius 1 is 0.846 bits per heavy atom. The second kappa shape index (κ2) is 6.89. The fraction of sp³-hybridized carbons (Fsp3) is 0.667. The van der Waals surface area contributed by atoms with E-state index in [4.69, 9.17) is 0 Å². The molecule has 1 N–H and O–H groups in total. The zero-order valence-corrected chi connectivity index (χ0v) is 16.4. The maximum absolute atomic E-state index is 12.7. The molecule has 1 aromatic carbocycles. The Kier molecular flexibility index (Phi) is 4.88. The predicted octanol–water partition coefficient (Wildman–Crippen LogP) is 2.33. The summed E-state index contributed by atoms with van der Waals surface area (Å²) in [6.45, 7) is 1.07. The van der Waals surface area contributed by atoms with Crippen molar-refractivity contribution in [2.45, 2.75) is 60.8 Å². The van der Waals surface area contributed by atoms with Crippen LogP contribution < -0.4 is 4.72 Å². The van der Waals surface area contributed by atoms with Gasteiger partial charge in [0, 0.05) is 19.1 Å². The smallest absolute Gasteiger partial charge is 0.208 e. The predicted molar refractivity (Wildman–Crippen MR) is 98.6 cm³/mol. The van der Waals surface area contributed by atoms with Gasteiger partial charge in [0.2, 0.25) is 20.0 Å². The van der Waals surface area contributed by atoms with Crippen molar-refractivity contribution >= 4 is 20.0 Å². The number of nitrogens with zero attached hydrogens (tertiary/aromatic N) is 1. The third kappa shape index (κ3) is 3.44. The number of rotatable bonds is 5. The van der Waals surface area contributed by atoms with Crippen molar-refractivity contribution in [1.29, 1.82) is 0 Å². The molecule has 144 valence electrons. The minimum Gasteiger partial charge on any atom is -0.208 e. The molecule has 2 saturated carbocycles. The quantitative estimate of drug-likeness (QED) is 0.825. The highest BCUT2D eigenvalue weighted by Crippen LogP contribution is 2.44. The van der Waals surface area contributed by atoms with E-state index in [2.05, 4.69) is 4.72 Å². The van der Waals surface area contributed by atoms with Crippen LogP contribution in [-0.4, -0.2) is 40.3 Å². The normalized spacial score (nSPS) is 29.9. The SMILES string of the molecule is O=S(=O)(N[C@H]1C[C@H]2CC[C@@H]1C2)c1ccc(S(=O)(=O)N2CCCCC2)cc1. The van der Waals surface area contributed by atoms with E-state index < -0.39 is 20.0 Å². The molecule has 3 atom stereocenters. The molecule has 26 heavy (non-hydrogen) atoms. The van der Waals surface area contributed by atoms with Gasteiger partial charge in [0.15, 0.2) is 0 Å². The molecular weight excluding hydrogens is 372 g/mol. The molecule has 3 aliphatic rings. The van der Waals surface area contributed by atoms with Crippen molar-refractivity contribution in [2.24, 2.45) is 11.8 Å². The largest absolute Gasteiger partial charge is 0.243 e. The lowest BCUT2D eigenvalue weighted by atomic mass is 9.96. The van der Waals surface area contributed by atoms with Crippen molar-refractivity contribution in [1.82, 2.24) is 9.03 Å². The fourth-order valence-corrected chi connectivity index (χ4v) is 7.54. The molecule has 0 radical (unpaired) electrons. The van der Waals surface area contributed by atoms with Crippen molar-refractivity contribution in [3.63, 3.8) is 0 Å². The highest BCUT2D eigenvalue weighted by Gasteiger charge is 2.41. The second-order valence-electron chi connectivity index (χ2n) is 7.84. The van der Waals surface area contributed by atoms with Crippen LogP contribution in [0.5, 0.6) is 0 Å². The molecule has 0 spiro atoms. The van der Waals surface area contributed by atoms with Crippen LogP contribution in [-0.2, 0) is 20.0 Å². The van der Waals surface area contributed by atoms with Gasteiger partial charge in [-0.05, 0) is 68.2 Å². The van der Waals surface area contributed by atoms with Crippen LogP contribution in [0.2, 0.25) is 0 Å². The minimum absolute atomic E-state index is 0.0236. The molecule has 1 heterocycles. The monoisotopic (exact) mass is 398 g/mol. The maximum Gasteiger partial charge on any atom is 0.243 e. The lowest BCUT2D eigenvalue weighted by Gasteiger charge is -2.26.